The van der Waals surface area contributed by atoms with Crippen LogP contribution in [-0.4, -0.2) is 9.78 Å². The van der Waals surface area contributed by atoms with E-state index in [2.05, 4.69) is 23.5 Å². The molecule has 0 aliphatic rings. The summed E-state index contributed by atoms with van der Waals surface area (Å²) in [4.78, 5) is 0. The van der Waals surface area contributed by atoms with Gasteiger partial charge in [-0.2, -0.15) is 5.10 Å². The van der Waals surface area contributed by atoms with Crippen molar-refractivity contribution >= 4 is 0 Å². The molecule has 0 aliphatic carbocycles. The van der Waals surface area contributed by atoms with E-state index in [1.807, 2.05) is 24.7 Å². The summed E-state index contributed by atoms with van der Waals surface area (Å²) in [5.41, 5.74) is 6.16. The van der Waals surface area contributed by atoms with Crippen LogP contribution in [0.25, 0.3) is 0 Å². The van der Waals surface area contributed by atoms with Crippen molar-refractivity contribution in [3.8, 4) is 0 Å². The topological polar surface area (TPSA) is 69.0 Å². The lowest BCUT2D eigenvalue weighted by Gasteiger charge is -2.13. The Hall–Kier alpha value is -1.59. The summed E-state index contributed by atoms with van der Waals surface area (Å²) in [6, 6.07) is 4.17. The van der Waals surface area contributed by atoms with Crippen LogP contribution in [0, 0.1) is 6.92 Å². The summed E-state index contributed by atoms with van der Waals surface area (Å²) in [5.74, 6) is 6.52. The molecule has 2 heterocycles. The van der Waals surface area contributed by atoms with Gasteiger partial charge in [0.2, 0.25) is 0 Å². The van der Waals surface area contributed by atoms with Crippen LogP contribution in [-0.2, 0) is 19.9 Å². The molecule has 0 aliphatic heterocycles. The summed E-state index contributed by atoms with van der Waals surface area (Å²) in [6.07, 6.45) is 3.48. The summed E-state index contributed by atoms with van der Waals surface area (Å²) in [7, 11) is 1.96. The van der Waals surface area contributed by atoms with E-state index in [-0.39, 0.29) is 6.04 Å². The maximum absolute atomic E-state index is 5.63. The maximum Gasteiger partial charge on any atom is 0.101 e. The molecular formula is C13H20N4O. The lowest BCUT2D eigenvalue weighted by Crippen LogP contribution is -2.29. The summed E-state index contributed by atoms with van der Waals surface area (Å²) >= 11 is 0. The van der Waals surface area contributed by atoms with E-state index in [1.165, 1.54) is 0 Å². The molecule has 1 atom stereocenters. The smallest absolute Gasteiger partial charge is 0.101 e. The second kappa shape index (κ2) is 5.37. The number of nitrogens with two attached hydrogens (primary N) is 1. The Morgan fingerprint density at radius 3 is 2.78 bits per heavy atom. The first-order chi connectivity index (χ1) is 8.63. The van der Waals surface area contributed by atoms with Crippen molar-refractivity contribution in [1.29, 1.82) is 0 Å². The van der Waals surface area contributed by atoms with Crippen LogP contribution in [0.4, 0.5) is 0 Å². The molecule has 0 aromatic carbocycles. The number of rotatable bonds is 5. The molecule has 2 rings (SSSR count). The van der Waals surface area contributed by atoms with Crippen LogP contribution in [0.5, 0.6) is 0 Å². The molecule has 0 saturated heterocycles. The number of nitrogens with zero attached hydrogens (tertiary/aromatic N) is 2. The van der Waals surface area contributed by atoms with Gasteiger partial charge in [-0.3, -0.25) is 16.0 Å². The normalized spacial score (nSPS) is 12.9. The van der Waals surface area contributed by atoms with Crippen molar-refractivity contribution < 1.29 is 4.42 Å². The summed E-state index contributed by atoms with van der Waals surface area (Å²) < 4.78 is 7.24. The van der Waals surface area contributed by atoms with Gasteiger partial charge in [-0.05, 0) is 25.5 Å². The number of aromatic nitrogens is 2. The fourth-order valence-electron chi connectivity index (χ4n) is 2.06. The molecule has 0 saturated carbocycles. The SMILES string of the molecule is CCc1cc(CC(NN)c2coc(C)c2)n(C)n1. The van der Waals surface area contributed by atoms with Crippen LogP contribution in [0.15, 0.2) is 22.8 Å². The minimum absolute atomic E-state index is 0.0440. The van der Waals surface area contributed by atoms with Crippen molar-refractivity contribution in [1.82, 2.24) is 15.2 Å². The lowest BCUT2D eigenvalue weighted by molar-refractivity contribution is 0.503. The molecule has 5 heteroatoms. The number of hydrazine groups is 1. The molecule has 0 radical (unpaired) electrons. The number of furan rings is 1. The van der Waals surface area contributed by atoms with Gasteiger partial charge in [0.1, 0.15) is 5.76 Å². The molecule has 0 bridgehead atoms. The highest BCUT2D eigenvalue weighted by molar-refractivity contribution is 5.20. The number of nitrogens with one attached hydrogen (secondary N) is 1. The van der Waals surface area contributed by atoms with E-state index in [4.69, 9.17) is 10.3 Å². The van der Waals surface area contributed by atoms with Gasteiger partial charge in [0.25, 0.3) is 0 Å². The van der Waals surface area contributed by atoms with Gasteiger partial charge in [-0.15, -0.1) is 0 Å². The Morgan fingerprint density at radius 1 is 1.50 bits per heavy atom. The van der Waals surface area contributed by atoms with E-state index in [0.29, 0.717) is 0 Å². The Labute approximate surface area is 107 Å². The first-order valence-corrected chi connectivity index (χ1v) is 6.17. The molecule has 2 aromatic heterocycles. The fourth-order valence-corrected chi connectivity index (χ4v) is 2.06. The van der Waals surface area contributed by atoms with Gasteiger partial charge < -0.3 is 4.42 Å². The molecule has 0 amide bonds. The monoisotopic (exact) mass is 248 g/mol. The van der Waals surface area contributed by atoms with Crippen LogP contribution >= 0.6 is 0 Å². The average Bonchev–Trinajstić information content (AvgIpc) is 2.93. The van der Waals surface area contributed by atoms with E-state index < -0.39 is 0 Å². The Balaban J connectivity index is 2.17. The Kier molecular flexibility index (Phi) is 3.84. The molecule has 2 aromatic rings. The van der Waals surface area contributed by atoms with Crippen molar-refractivity contribution in [2.45, 2.75) is 32.7 Å². The molecule has 5 nitrogen and oxygen atoms in total. The van der Waals surface area contributed by atoms with E-state index >= 15 is 0 Å². The Morgan fingerprint density at radius 2 is 2.28 bits per heavy atom. The predicted octanol–water partition coefficient (Wildman–Crippen LogP) is 1.63. The number of hydrogen-bond donors (Lipinski definition) is 2. The van der Waals surface area contributed by atoms with Crippen molar-refractivity contribution in [3.63, 3.8) is 0 Å². The van der Waals surface area contributed by atoms with Crippen LogP contribution < -0.4 is 11.3 Å². The van der Waals surface area contributed by atoms with Crippen LogP contribution in [0.2, 0.25) is 0 Å². The van der Waals surface area contributed by atoms with Gasteiger partial charge in [0, 0.05) is 24.7 Å². The molecule has 3 N–H and O–H groups in total. The van der Waals surface area contributed by atoms with Crippen molar-refractivity contribution in [2.24, 2.45) is 12.9 Å². The van der Waals surface area contributed by atoms with Crippen LogP contribution in [0.3, 0.4) is 0 Å². The minimum atomic E-state index is 0.0440. The third-order valence-electron chi connectivity index (χ3n) is 3.16. The van der Waals surface area contributed by atoms with Gasteiger partial charge >= 0.3 is 0 Å². The van der Waals surface area contributed by atoms with E-state index in [1.54, 1.807) is 6.26 Å². The highest BCUT2D eigenvalue weighted by atomic mass is 16.3. The van der Waals surface area contributed by atoms with Gasteiger partial charge in [0.05, 0.1) is 18.0 Å². The first-order valence-electron chi connectivity index (χ1n) is 6.17. The maximum atomic E-state index is 5.63. The van der Waals surface area contributed by atoms with Gasteiger partial charge in [0.15, 0.2) is 0 Å². The fraction of sp³-hybridized carbons (Fsp3) is 0.462. The molecule has 98 valence electrons. The largest absolute Gasteiger partial charge is 0.469 e. The van der Waals surface area contributed by atoms with Crippen molar-refractivity contribution in [2.75, 3.05) is 0 Å². The Bertz CT molecular complexity index is 515. The third-order valence-corrected chi connectivity index (χ3v) is 3.16. The third kappa shape index (κ3) is 2.63. The van der Waals surface area contributed by atoms with E-state index in [9.17, 15) is 0 Å². The quantitative estimate of drug-likeness (QED) is 0.623. The highest BCUT2D eigenvalue weighted by Gasteiger charge is 2.15. The molecule has 1 unspecified atom stereocenters. The number of aryl methyl sites for hydroxylation is 3. The zero-order valence-electron chi connectivity index (χ0n) is 11.1. The second-order valence-electron chi connectivity index (χ2n) is 4.52. The predicted molar refractivity (Wildman–Crippen MR) is 69.8 cm³/mol. The highest BCUT2D eigenvalue weighted by Crippen LogP contribution is 2.20. The second-order valence-corrected chi connectivity index (χ2v) is 4.52. The van der Waals surface area contributed by atoms with E-state index in [0.717, 1.165) is 35.6 Å². The zero-order valence-corrected chi connectivity index (χ0v) is 11.1. The summed E-state index contributed by atoms with van der Waals surface area (Å²) in [5, 5.41) is 4.44. The molecule has 18 heavy (non-hydrogen) atoms. The lowest BCUT2D eigenvalue weighted by atomic mass is 10.1. The van der Waals surface area contributed by atoms with Crippen molar-refractivity contribution in [3.05, 3.63) is 41.1 Å². The van der Waals surface area contributed by atoms with Gasteiger partial charge in [-0.1, -0.05) is 6.92 Å². The molecule has 0 fully saturated rings. The minimum Gasteiger partial charge on any atom is -0.469 e. The standard InChI is InChI=1S/C13H20N4O/c1-4-11-6-12(17(3)16-11)7-13(15-14)10-5-9(2)18-8-10/h5-6,8,13,15H,4,7,14H2,1-3H3. The zero-order chi connectivity index (χ0) is 13.1. The first kappa shape index (κ1) is 12.9. The van der Waals surface area contributed by atoms with Crippen LogP contribution in [0.1, 0.15) is 35.7 Å². The summed E-state index contributed by atoms with van der Waals surface area (Å²) in [6.45, 7) is 4.03. The number of hydrogen-bond acceptors (Lipinski definition) is 4. The molecular weight excluding hydrogens is 228 g/mol. The molecule has 0 spiro atoms. The average molecular weight is 248 g/mol. The van der Waals surface area contributed by atoms with Gasteiger partial charge in [-0.25, -0.2) is 0 Å².